The molecule has 0 aliphatic carbocycles. The number of hydrogen-bond acceptors (Lipinski definition) is 3. The van der Waals surface area contributed by atoms with Gasteiger partial charge in [-0.3, -0.25) is 4.79 Å². The number of urea groups is 1. The highest BCUT2D eigenvalue weighted by molar-refractivity contribution is 6.07. The van der Waals surface area contributed by atoms with Crippen LogP contribution in [0.15, 0.2) is 72.8 Å². The van der Waals surface area contributed by atoms with Crippen LogP contribution >= 0.6 is 0 Å². The van der Waals surface area contributed by atoms with Gasteiger partial charge in [0.15, 0.2) is 0 Å². The lowest BCUT2D eigenvalue weighted by Gasteiger charge is -2.18. The maximum Gasteiger partial charge on any atom is 0.319 e. The third kappa shape index (κ3) is 4.27. The fraction of sp³-hybridized carbons (Fsp3) is 0.167. The summed E-state index contributed by atoms with van der Waals surface area (Å²) < 4.78 is 5.11. The quantitative estimate of drug-likeness (QED) is 0.672. The van der Waals surface area contributed by atoms with Crippen molar-refractivity contribution in [2.75, 3.05) is 23.9 Å². The molecule has 1 aliphatic heterocycles. The predicted molar refractivity (Wildman–Crippen MR) is 117 cm³/mol. The highest BCUT2D eigenvalue weighted by Gasteiger charge is 2.25. The van der Waals surface area contributed by atoms with Gasteiger partial charge in [-0.25, -0.2) is 4.79 Å². The molecule has 0 saturated carbocycles. The summed E-state index contributed by atoms with van der Waals surface area (Å²) in [7, 11) is 1.60. The van der Waals surface area contributed by atoms with Gasteiger partial charge < -0.3 is 20.3 Å². The number of anilines is 2. The van der Waals surface area contributed by atoms with Crippen LogP contribution in [-0.2, 0) is 13.0 Å². The van der Waals surface area contributed by atoms with Crippen LogP contribution in [0, 0.1) is 0 Å². The van der Waals surface area contributed by atoms with Crippen LogP contribution in [-0.4, -0.2) is 25.6 Å². The number of fused-ring (bicyclic) bond motifs is 1. The molecule has 6 heteroatoms. The summed E-state index contributed by atoms with van der Waals surface area (Å²) in [6.07, 6.45) is 0.833. The van der Waals surface area contributed by atoms with Crippen molar-refractivity contribution in [3.05, 3.63) is 89.5 Å². The van der Waals surface area contributed by atoms with Crippen molar-refractivity contribution in [1.82, 2.24) is 5.32 Å². The zero-order valence-electron chi connectivity index (χ0n) is 16.7. The Morgan fingerprint density at radius 1 is 1.00 bits per heavy atom. The SMILES string of the molecule is COc1ccc(NC(=O)NCc2ccc3c(c2)N(C(=O)c2ccccc2)CC3)cc1. The van der Waals surface area contributed by atoms with Gasteiger partial charge in [-0.15, -0.1) is 0 Å². The van der Waals surface area contributed by atoms with Crippen LogP contribution in [0.4, 0.5) is 16.2 Å². The highest BCUT2D eigenvalue weighted by Crippen LogP contribution is 2.30. The number of carbonyl (C=O) groups is 2. The molecule has 3 aromatic carbocycles. The van der Waals surface area contributed by atoms with Gasteiger partial charge in [0.25, 0.3) is 5.91 Å². The molecule has 152 valence electrons. The largest absolute Gasteiger partial charge is 0.497 e. The van der Waals surface area contributed by atoms with Crippen molar-refractivity contribution < 1.29 is 14.3 Å². The van der Waals surface area contributed by atoms with Crippen LogP contribution < -0.4 is 20.3 Å². The standard InChI is InChI=1S/C24H23N3O3/c1-30-21-11-9-20(10-12-21)26-24(29)25-16-17-7-8-18-13-14-27(22(18)15-17)23(28)19-5-3-2-4-6-19/h2-12,15H,13-14,16H2,1H3,(H2,25,26,29). The van der Waals surface area contributed by atoms with Crippen molar-refractivity contribution in [2.24, 2.45) is 0 Å². The van der Waals surface area contributed by atoms with E-state index in [1.54, 1.807) is 31.4 Å². The minimum absolute atomic E-state index is 0.00305. The van der Waals surface area contributed by atoms with Crippen LogP contribution in [0.5, 0.6) is 5.75 Å². The molecule has 0 fully saturated rings. The lowest BCUT2D eigenvalue weighted by atomic mass is 10.1. The lowest BCUT2D eigenvalue weighted by molar-refractivity contribution is 0.0989. The topological polar surface area (TPSA) is 70.7 Å². The Morgan fingerprint density at radius 2 is 1.77 bits per heavy atom. The van der Waals surface area contributed by atoms with E-state index >= 15 is 0 Å². The van der Waals surface area contributed by atoms with Gasteiger partial charge in [0, 0.05) is 30.0 Å². The number of rotatable bonds is 5. The lowest BCUT2D eigenvalue weighted by Crippen LogP contribution is -2.29. The Balaban J connectivity index is 1.40. The first-order valence-electron chi connectivity index (χ1n) is 9.81. The number of amides is 3. The van der Waals surface area contributed by atoms with Crippen LogP contribution in [0.2, 0.25) is 0 Å². The molecule has 1 aliphatic rings. The van der Waals surface area contributed by atoms with Crippen molar-refractivity contribution in [3.8, 4) is 5.75 Å². The predicted octanol–water partition coefficient (Wildman–Crippen LogP) is 4.22. The minimum Gasteiger partial charge on any atom is -0.497 e. The molecule has 0 aromatic heterocycles. The van der Waals surface area contributed by atoms with Crippen molar-refractivity contribution >= 4 is 23.3 Å². The van der Waals surface area contributed by atoms with Gasteiger partial charge in [-0.1, -0.05) is 30.3 Å². The molecule has 4 rings (SSSR count). The maximum absolute atomic E-state index is 12.9. The van der Waals surface area contributed by atoms with Gasteiger partial charge in [-0.05, 0) is 60.0 Å². The summed E-state index contributed by atoms with van der Waals surface area (Å²) in [5.74, 6) is 0.727. The van der Waals surface area contributed by atoms with E-state index in [4.69, 9.17) is 4.74 Å². The molecular weight excluding hydrogens is 378 g/mol. The number of benzene rings is 3. The highest BCUT2D eigenvalue weighted by atomic mass is 16.5. The normalized spacial score (nSPS) is 12.2. The first-order chi connectivity index (χ1) is 14.6. The Labute approximate surface area is 175 Å². The van der Waals surface area contributed by atoms with Crippen molar-refractivity contribution in [1.29, 1.82) is 0 Å². The second kappa shape index (κ2) is 8.69. The third-order valence-electron chi connectivity index (χ3n) is 5.11. The second-order valence-corrected chi connectivity index (χ2v) is 7.07. The van der Waals surface area contributed by atoms with E-state index in [-0.39, 0.29) is 11.9 Å². The van der Waals surface area contributed by atoms with Crippen LogP contribution in [0.3, 0.4) is 0 Å². The van der Waals surface area contributed by atoms with E-state index in [0.29, 0.717) is 24.3 Å². The monoisotopic (exact) mass is 401 g/mol. The third-order valence-corrected chi connectivity index (χ3v) is 5.11. The van der Waals surface area contributed by atoms with Gasteiger partial charge in [0.1, 0.15) is 5.75 Å². The summed E-state index contributed by atoms with van der Waals surface area (Å²) in [5, 5.41) is 5.65. The molecule has 3 amide bonds. The summed E-state index contributed by atoms with van der Waals surface area (Å²) in [6, 6.07) is 22.1. The first kappa shape index (κ1) is 19.5. The number of nitrogens with zero attached hydrogens (tertiary/aromatic N) is 1. The van der Waals surface area contributed by atoms with Gasteiger partial charge in [0.05, 0.1) is 7.11 Å². The minimum atomic E-state index is -0.294. The molecule has 0 unspecified atom stereocenters. The summed E-state index contributed by atoms with van der Waals surface area (Å²) >= 11 is 0. The van der Waals surface area contributed by atoms with Crippen LogP contribution in [0.25, 0.3) is 0 Å². The van der Waals surface area contributed by atoms with E-state index in [9.17, 15) is 9.59 Å². The van der Waals surface area contributed by atoms with Crippen molar-refractivity contribution in [2.45, 2.75) is 13.0 Å². The Hall–Kier alpha value is -3.80. The molecule has 6 nitrogen and oxygen atoms in total. The van der Waals surface area contributed by atoms with E-state index in [1.807, 2.05) is 53.4 Å². The molecule has 0 atom stereocenters. The Kier molecular flexibility index (Phi) is 5.66. The van der Waals surface area contributed by atoms with E-state index in [2.05, 4.69) is 10.6 Å². The first-order valence-corrected chi connectivity index (χ1v) is 9.81. The molecule has 0 spiro atoms. The Bertz CT molecular complexity index is 1050. The van der Waals surface area contributed by atoms with Crippen LogP contribution in [0.1, 0.15) is 21.5 Å². The summed E-state index contributed by atoms with van der Waals surface area (Å²) in [5.41, 5.74) is 4.35. The van der Waals surface area contributed by atoms with Crippen molar-refractivity contribution in [3.63, 3.8) is 0 Å². The van der Waals surface area contributed by atoms with E-state index < -0.39 is 0 Å². The molecule has 0 saturated heterocycles. The number of carbonyl (C=O) groups excluding carboxylic acids is 2. The molecule has 3 aromatic rings. The Morgan fingerprint density at radius 3 is 2.50 bits per heavy atom. The maximum atomic E-state index is 12.9. The number of ether oxygens (including phenoxy) is 1. The number of methoxy groups -OCH3 is 1. The summed E-state index contributed by atoms with van der Waals surface area (Å²) in [6.45, 7) is 1.03. The molecule has 2 N–H and O–H groups in total. The molecular formula is C24H23N3O3. The molecule has 30 heavy (non-hydrogen) atoms. The number of hydrogen-bond donors (Lipinski definition) is 2. The molecule has 0 bridgehead atoms. The van der Waals surface area contributed by atoms with Gasteiger partial charge in [0.2, 0.25) is 0 Å². The fourth-order valence-electron chi connectivity index (χ4n) is 3.51. The molecule has 0 radical (unpaired) electrons. The summed E-state index contributed by atoms with van der Waals surface area (Å²) in [4.78, 5) is 26.9. The zero-order valence-corrected chi connectivity index (χ0v) is 16.7. The fourth-order valence-corrected chi connectivity index (χ4v) is 3.51. The van der Waals surface area contributed by atoms with Gasteiger partial charge in [-0.2, -0.15) is 0 Å². The number of nitrogens with one attached hydrogen (secondary N) is 2. The average molecular weight is 401 g/mol. The second-order valence-electron chi connectivity index (χ2n) is 7.07. The van der Waals surface area contributed by atoms with E-state index in [0.717, 1.165) is 29.0 Å². The smallest absolute Gasteiger partial charge is 0.319 e. The average Bonchev–Trinajstić information content (AvgIpc) is 3.21. The van der Waals surface area contributed by atoms with Gasteiger partial charge >= 0.3 is 6.03 Å². The zero-order chi connectivity index (χ0) is 20.9. The van der Waals surface area contributed by atoms with E-state index in [1.165, 1.54) is 0 Å². The molecule has 1 heterocycles.